The molecular weight excluding hydrogens is 524 g/mol. The first-order valence-electron chi connectivity index (χ1n) is 13.1. The van der Waals surface area contributed by atoms with Gasteiger partial charge in [-0.1, -0.05) is 12.2 Å². The molecule has 14 nitrogen and oxygen atoms in total. The second-order valence-corrected chi connectivity index (χ2v) is 9.62. The van der Waals surface area contributed by atoms with E-state index in [-0.39, 0.29) is 37.1 Å². The molecule has 40 heavy (non-hydrogen) atoms. The van der Waals surface area contributed by atoms with Crippen LogP contribution in [-0.2, 0) is 38.2 Å². The molecule has 0 bridgehead atoms. The van der Waals surface area contributed by atoms with Gasteiger partial charge in [0.25, 0.3) is 11.8 Å². The van der Waals surface area contributed by atoms with E-state index in [9.17, 15) is 28.8 Å². The molecule has 0 aromatic carbocycles. The molecule has 2 saturated heterocycles. The van der Waals surface area contributed by atoms with Crippen molar-refractivity contribution in [2.75, 3.05) is 26.2 Å². The Balaban J connectivity index is 1.21. The third-order valence-electron chi connectivity index (χ3n) is 6.53. The van der Waals surface area contributed by atoms with Crippen molar-refractivity contribution in [2.45, 2.75) is 50.6 Å². The van der Waals surface area contributed by atoms with Gasteiger partial charge in [-0.25, -0.2) is 19.2 Å². The van der Waals surface area contributed by atoms with E-state index in [2.05, 4.69) is 21.5 Å². The third kappa shape index (κ3) is 8.10. The topological polar surface area (TPSA) is 175 Å². The van der Waals surface area contributed by atoms with Gasteiger partial charge in [0, 0.05) is 35.9 Å². The number of allylic oxidation sites excluding steroid dienone is 2. The Morgan fingerprint density at radius 3 is 1.52 bits per heavy atom. The van der Waals surface area contributed by atoms with Crippen LogP contribution in [0.25, 0.3) is 0 Å². The van der Waals surface area contributed by atoms with Gasteiger partial charge in [0.05, 0.1) is 0 Å². The van der Waals surface area contributed by atoms with Crippen LogP contribution in [0, 0.1) is 0 Å². The maximum absolute atomic E-state index is 12.6. The minimum absolute atomic E-state index is 0.259. The lowest BCUT2D eigenvalue weighted by molar-refractivity contribution is -0.162. The smallest absolute Gasteiger partial charge is 0.333 e. The Bertz CT molecular complexity index is 1070. The molecule has 4 aliphatic rings. The van der Waals surface area contributed by atoms with Gasteiger partial charge in [-0.15, -0.1) is 0 Å². The summed E-state index contributed by atoms with van der Waals surface area (Å²) in [6.07, 6.45) is 12.8. The average molecular weight is 557 g/mol. The summed E-state index contributed by atoms with van der Waals surface area (Å²) in [6, 6.07) is -0.972. The quantitative estimate of drug-likeness (QED) is 0.163. The zero-order valence-electron chi connectivity index (χ0n) is 21.9. The lowest BCUT2D eigenvalue weighted by Crippen LogP contribution is -2.44. The van der Waals surface area contributed by atoms with Crippen molar-refractivity contribution >= 4 is 35.7 Å². The number of carbonyl (C=O) groups excluding carboxylic acids is 6. The summed E-state index contributed by atoms with van der Waals surface area (Å²) in [7, 11) is 0. The van der Waals surface area contributed by atoms with E-state index in [4.69, 9.17) is 9.47 Å². The number of ether oxygens (including phenoxy) is 2. The number of esters is 4. The lowest BCUT2D eigenvalue weighted by atomic mass is 10.1. The summed E-state index contributed by atoms with van der Waals surface area (Å²) >= 11 is 0. The molecule has 14 heteroatoms. The molecular formula is C26H32N6O8. The van der Waals surface area contributed by atoms with E-state index in [1.807, 2.05) is 0 Å². The summed E-state index contributed by atoms with van der Waals surface area (Å²) in [4.78, 5) is 76.4. The monoisotopic (exact) mass is 556 g/mol. The highest BCUT2D eigenvalue weighted by atomic mass is 16.6. The first-order valence-corrected chi connectivity index (χ1v) is 13.1. The molecule has 4 rings (SSSR count). The lowest BCUT2D eigenvalue weighted by Gasteiger charge is -2.22. The maximum Gasteiger partial charge on any atom is 0.333 e. The summed E-state index contributed by atoms with van der Waals surface area (Å²) in [5.74, 6) is -3.92. The zero-order valence-corrected chi connectivity index (χ0v) is 21.9. The van der Waals surface area contributed by atoms with Crippen LogP contribution in [0.15, 0.2) is 48.1 Å². The summed E-state index contributed by atoms with van der Waals surface area (Å²) < 4.78 is 9.77. The first kappa shape index (κ1) is 28.7. The second kappa shape index (κ2) is 13.7. The highest BCUT2D eigenvalue weighted by Gasteiger charge is 2.27. The molecule has 0 aliphatic carbocycles. The van der Waals surface area contributed by atoms with Gasteiger partial charge < -0.3 is 29.9 Å². The Morgan fingerprint density at radius 2 is 1.15 bits per heavy atom. The number of amides is 2. The molecule has 2 amide bonds. The standard InChI is InChI=1S/C26H32N6O8/c33-21(39-25(37)19-7-1-9-27-19)15-31-11-3-5-17(13-31)23(35)29-30-24(36)18-6-4-12-32(14-18)16-22(34)40-26(38)20-8-2-10-28-20/h3-4,11-14,19-20,27-28H,1-2,5-10,15-16H2,(H,29,35)(H,30,36). The largest absolute Gasteiger partial charge is 0.391 e. The molecule has 0 aromatic heterocycles. The number of nitrogens with zero attached hydrogens (tertiary/aromatic N) is 2. The summed E-state index contributed by atoms with van der Waals surface area (Å²) in [6.45, 7) is 0.862. The number of hydrazine groups is 1. The second-order valence-electron chi connectivity index (χ2n) is 9.62. The molecule has 2 fully saturated rings. The maximum atomic E-state index is 12.6. The highest BCUT2D eigenvalue weighted by molar-refractivity contribution is 5.99. The van der Waals surface area contributed by atoms with Crippen LogP contribution in [0.3, 0.4) is 0 Å². The van der Waals surface area contributed by atoms with Crippen molar-refractivity contribution < 1.29 is 38.2 Å². The van der Waals surface area contributed by atoms with Gasteiger partial charge in [-0.3, -0.25) is 20.4 Å². The number of hydrogen-bond donors (Lipinski definition) is 4. The Kier molecular flexibility index (Phi) is 9.81. The van der Waals surface area contributed by atoms with Crippen molar-refractivity contribution in [1.29, 1.82) is 0 Å². The number of nitrogens with one attached hydrogen (secondary N) is 4. The minimum Gasteiger partial charge on any atom is -0.391 e. The van der Waals surface area contributed by atoms with Crippen LogP contribution < -0.4 is 21.5 Å². The van der Waals surface area contributed by atoms with Crippen LogP contribution >= 0.6 is 0 Å². The molecule has 0 spiro atoms. The molecule has 4 aliphatic heterocycles. The van der Waals surface area contributed by atoms with Crippen LogP contribution in [-0.4, -0.2) is 83.8 Å². The fourth-order valence-electron chi connectivity index (χ4n) is 4.50. The Morgan fingerprint density at radius 1 is 0.725 bits per heavy atom. The third-order valence-corrected chi connectivity index (χ3v) is 6.53. The molecule has 0 radical (unpaired) electrons. The van der Waals surface area contributed by atoms with Crippen LogP contribution in [0.2, 0.25) is 0 Å². The molecule has 2 atom stereocenters. The van der Waals surface area contributed by atoms with Gasteiger partial charge in [-0.05, 0) is 51.6 Å². The predicted octanol–water partition coefficient (Wildman–Crippen LogP) is -1.02. The van der Waals surface area contributed by atoms with Crippen LogP contribution in [0.5, 0.6) is 0 Å². The SMILES string of the molecule is O=C(CN1C=CCC(C(=O)NNC(=O)C2=CN(CC(=O)OC(=O)C3CCCN3)C=CC2)=C1)OC(=O)C1CCCN1. The van der Waals surface area contributed by atoms with Crippen molar-refractivity contribution in [3.05, 3.63) is 48.1 Å². The molecule has 4 heterocycles. The Labute approximate surface area is 230 Å². The number of rotatable bonds is 8. The predicted molar refractivity (Wildman–Crippen MR) is 138 cm³/mol. The average Bonchev–Trinajstić information content (AvgIpc) is 3.67. The minimum atomic E-state index is -0.750. The van der Waals surface area contributed by atoms with Gasteiger partial charge in [-0.2, -0.15) is 0 Å². The van der Waals surface area contributed by atoms with Crippen LogP contribution in [0.4, 0.5) is 0 Å². The van der Waals surface area contributed by atoms with E-state index in [1.165, 1.54) is 22.2 Å². The first-order chi connectivity index (χ1) is 19.3. The molecule has 0 saturated carbocycles. The van der Waals surface area contributed by atoms with E-state index < -0.39 is 47.8 Å². The van der Waals surface area contributed by atoms with Gasteiger partial charge in [0.1, 0.15) is 25.2 Å². The van der Waals surface area contributed by atoms with E-state index >= 15 is 0 Å². The molecule has 214 valence electrons. The number of carbonyl (C=O) groups is 6. The van der Waals surface area contributed by atoms with Crippen LogP contribution in [0.1, 0.15) is 38.5 Å². The highest BCUT2D eigenvalue weighted by Crippen LogP contribution is 2.15. The van der Waals surface area contributed by atoms with Crippen molar-refractivity contribution in [3.63, 3.8) is 0 Å². The summed E-state index contributed by atoms with van der Waals surface area (Å²) in [5.41, 5.74) is 5.20. The zero-order chi connectivity index (χ0) is 28.5. The molecule has 2 unspecified atom stereocenters. The van der Waals surface area contributed by atoms with Gasteiger partial charge in [0.2, 0.25) is 0 Å². The van der Waals surface area contributed by atoms with Crippen molar-refractivity contribution in [1.82, 2.24) is 31.3 Å². The van der Waals surface area contributed by atoms with E-state index in [1.54, 1.807) is 24.6 Å². The number of hydrogen-bond acceptors (Lipinski definition) is 12. The molecule has 4 N–H and O–H groups in total. The van der Waals surface area contributed by atoms with Crippen molar-refractivity contribution in [2.24, 2.45) is 0 Å². The normalized spacial score (nSPS) is 21.8. The van der Waals surface area contributed by atoms with Gasteiger partial charge in [0.15, 0.2) is 0 Å². The molecule has 0 aromatic rings. The van der Waals surface area contributed by atoms with E-state index in [0.29, 0.717) is 25.9 Å². The fraction of sp³-hybridized carbons (Fsp3) is 0.462. The van der Waals surface area contributed by atoms with Gasteiger partial charge >= 0.3 is 23.9 Å². The fourth-order valence-corrected chi connectivity index (χ4v) is 4.50. The van der Waals surface area contributed by atoms with Crippen molar-refractivity contribution in [3.8, 4) is 0 Å². The Hall–Kier alpha value is -4.30. The van der Waals surface area contributed by atoms with E-state index in [0.717, 1.165) is 12.8 Å². The summed E-state index contributed by atoms with van der Waals surface area (Å²) in [5, 5.41) is 5.92.